The minimum Gasteiger partial charge on any atom is -0.207 e. The third kappa shape index (κ3) is 2.84. The maximum atomic E-state index is 12.9. The number of nitrogens with zero attached hydrogens (tertiary/aromatic N) is 1. The Bertz CT molecular complexity index is 714. The van der Waals surface area contributed by atoms with E-state index in [0.717, 1.165) is 12.0 Å². The predicted molar refractivity (Wildman–Crippen MR) is 79.0 cm³/mol. The first-order valence-corrected chi connectivity index (χ1v) is 8.32. The van der Waals surface area contributed by atoms with Crippen molar-refractivity contribution in [3.63, 3.8) is 0 Å². The minimum absolute atomic E-state index is 0.151. The summed E-state index contributed by atoms with van der Waals surface area (Å²) in [6.07, 6.45) is 0.810. The molecule has 1 atom stereocenters. The molecule has 2 aromatic carbocycles. The van der Waals surface area contributed by atoms with Gasteiger partial charge in [-0.15, -0.1) is 0 Å². The van der Waals surface area contributed by atoms with Gasteiger partial charge in [0.05, 0.1) is 4.90 Å². The molecule has 1 fully saturated rings. The van der Waals surface area contributed by atoms with Gasteiger partial charge in [-0.3, -0.25) is 0 Å². The van der Waals surface area contributed by atoms with Gasteiger partial charge >= 0.3 is 0 Å². The van der Waals surface area contributed by atoms with E-state index in [1.807, 2.05) is 30.3 Å². The molecule has 21 heavy (non-hydrogen) atoms. The van der Waals surface area contributed by atoms with Crippen molar-refractivity contribution in [2.45, 2.75) is 17.2 Å². The predicted octanol–water partition coefficient (Wildman–Crippen LogP) is 3.00. The summed E-state index contributed by atoms with van der Waals surface area (Å²) < 4.78 is 39.5. The Hall–Kier alpha value is -1.72. The summed E-state index contributed by atoms with van der Waals surface area (Å²) in [5.74, 6) is -0.209. The van der Waals surface area contributed by atoms with Crippen LogP contribution in [0.2, 0.25) is 0 Å². The highest BCUT2D eigenvalue weighted by Gasteiger charge is 2.33. The Morgan fingerprint density at radius 1 is 1.00 bits per heavy atom. The molecular formula is C16H16FNO2S. The summed E-state index contributed by atoms with van der Waals surface area (Å²) in [7, 11) is -3.53. The monoisotopic (exact) mass is 305 g/mol. The van der Waals surface area contributed by atoms with Gasteiger partial charge in [-0.2, -0.15) is 4.31 Å². The van der Waals surface area contributed by atoms with Gasteiger partial charge in [-0.05, 0) is 42.2 Å². The van der Waals surface area contributed by atoms with Crippen LogP contribution in [-0.4, -0.2) is 25.8 Å². The molecule has 0 aromatic heterocycles. The SMILES string of the molecule is O=S(=O)(c1ccc(F)cc1)N1CCC(c2ccccc2)C1. The van der Waals surface area contributed by atoms with E-state index in [4.69, 9.17) is 0 Å². The van der Waals surface area contributed by atoms with E-state index in [1.54, 1.807) is 0 Å². The molecule has 1 heterocycles. The zero-order valence-corrected chi connectivity index (χ0v) is 12.3. The molecular weight excluding hydrogens is 289 g/mol. The van der Waals surface area contributed by atoms with Crippen LogP contribution < -0.4 is 0 Å². The molecule has 1 aliphatic rings. The summed E-state index contributed by atoms with van der Waals surface area (Å²) in [6.45, 7) is 0.975. The second kappa shape index (κ2) is 5.58. The molecule has 0 amide bonds. The van der Waals surface area contributed by atoms with Crippen molar-refractivity contribution < 1.29 is 12.8 Å². The lowest BCUT2D eigenvalue weighted by molar-refractivity contribution is 0.472. The highest BCUT2D eigenvalue weighted by atomic mass is 32.2. The van der Waals surface area contributed by atoms with Gasteiger partial charge < -0.3 is 0 Å². The Morgan fingerprint density at radius 3 is 2.33 bits per heavy atom. The van der Waals surface area contributed by atoms with Gasteiger partial charge in [-0.1, -0.05) is 30.3 Å². The number of sulfonamides is 1. The lowest BCUT2D eigenvalue weighted by Gasteiger charge is -2.16. The van der Waals surface area contributed by atoms with E-state index in [1.165, 1.54) is 28.6 Å². The second-order valence-corrected chi connectivity index (χ2v) is 7.15. The fourth-order valence-corrected chi connectivity index (χ4v) is 4.20. The number of halogens is 1. The van der Waals surface area contributed by atoms with Gasteiger partial charge in [0, 0.05) is 13.1 Å². The minimum atomic E-state index is -3.53. The molecule has 3 rings (SSSR count). The van der Waals surface area contributed by atoms with Crippen molar-refractivity contribution in [3.05, 3.63) is 66.0 Å². The van der Waals surface area contributed by atoms with Gasteiger partial charge in [0.25, 0.3) is 0 Å². The molecule has 1 saturated heterocycles. The maximum Gasteiger partial charge on any atom is 0.243 e. The Balaban J connectivity index is 1.81. The fraction of sp³-hybridized carbons (Fsp3) is 0.250. The van der Waals surface area contributed by atoms with Crippen LogP contribution in [0.25, 0.3) is 0 Å². The topological polar surface area (TPSA) is 37.4 Å². The average molecular weight is 305 g/mol. The van der Waals surface area contributed by atoms with E-state index in [9.17, 15) is 12.8 Å². The zero-order chi connectivity index (χ0) is 14.9. The van der Waals surface area contributed by atoms with E-state index in [-0.39, 0.29) is 10.8 Å². The van der Waals surface area contributed by atoms with Crippen LogP contribution in [0.4, 0.5) is 4.39 Å². The first-order chi connectivity index (χ1) is 10.1. The molecule has 2 aromatic rings. The lowest BCUT2D eigenvalue weighted by Crippen LogP contribution is -2.28. The first kappa shape index (κ1) is 14.2. The molecule has 0 bridgehead atoms. The van der Waals surface area contributed by atoms with Crippen LogP contribution in [0.1, 0.15) is 17.9 Å². The molecule has 110 valence electrons. The van der Waals surface area contributed by atoms with Crippen LogP contribution in [0.5, 0.6) is 0 Å². The van der Waals surface area contributed by atoms with Crippen molar-refractivity contribution in [1.82, 2.24) is 4.31 Å². The van der Waals surface area contributed by atoms with Crippen LogP contribution in [0, 0.1) is 5.82 Å². The smallest absolute Gasteiger partial charge is 0.207 e. The normalized spacial score (nSPS) is 19.8. The Kier molecular flexibility index (Phi) is 3.78. The highest BCUT2D eigenvalue weighted by Crippen LogP contribution is 2.30. The van der Waals surface area contributed by atoms with Gasteiger partial charge in [0.1, 0.15) is 5.82 Å². The standard InChI is InChI=1S/C16H16FNO2S/c17-15-6-8-16(9-7-15)21(19,20)18-11-10-14(12-18)13-4-2-1-3-5-13/h1-9,14H,10-12H2. The number of hydrogen-bond donors (Lipinski definition) is 0. The van der Waals surface area contributed by atoms with Crippen molar-refractivity contribution >= 4 is 10.0 Å². The second-order valence-electron chi connectivity index (χ2n) is 5.21. The van der Waals surface area contributed by atoms with Crippen LogP contribution in [0.3, 0.4) is 0 Å². The summed E-state index contributed by atoms with van der Waals surface area (Å²) in [5, 5.41) is 0. The largest absolute Gasteiger partial charge is 0.243 e. The molecule has 0 saturated carbocycles. The molecule has 3 nitrogen and oxygen atoms in total. The third-order valence-electron chi connectivity index (χ3n) is 3.87. The van der Waals surface area contributed by atoms with Crippen molar-refractivity contribution in [2.75, 3.05) is 13.1 Å². The summed E-state index contributed by atoms with van der Waals surface area (Å²) in [6, 6.07) is 14.9. The summed E-state index contributed by atoms with van der Waals surface area (Å²) >= 11 is 0. The van der Waals surface area contributed by atoms with Gasteiger partial charge in [0.2, 0.25) is 10.0 Å². The van der Waals surface area contributed by atoms with E-state index >= 15 is 0 Å². The quantitative estimate of drug-likeness (QED) is 0.874. The third-order valence-corrected chi connectivity index (χ3v) is 5.75. The first-order valence-electron chi connectivity index (χ1n) is 6.88. The van der Waals surface area contributed by atoms with Crippen molar-refractivity contribution in [1.29, 1.82) is 0 Å². The fourth-order valence-electron chi connectivity index (χ4n) is 2.70. The van der Waals surface area contributed by atoms with Crippen LogP contribution >= 0.6 is 0 Å². The summed E-state index contributed by atoms with van der Waals surface area (Å²) in [4.78, 5) is 0.151. The lowest BCUT2D eigenvalue weighted by atomic mass is 9.99. The van der Waals surface area contributed by atoms with Crippen molar-refractivity contribution in [2.24, 2.45) is 0 Å². The van der Waals surface area contributed by atoms with Gasteiger partial charge in [-0.25, -0.2) is 12.8 Å². The van der Waals surface area contributed by atoms with Crippen LogP contribution in [-0.2, 0) is 10.0 Å². The molecule has 0 radical (unpaired) electrons. The average Bonchev–Trinajstić information content (AvgIpc) is 2.99. The Morgan fingerprint density at radius 2 is 1.67 bits per heavy atom. The zero-order valence-electron chi connectivity index (χ0n) is 11.4. The van der Waals surface area contributed by atoms with E-state index in [2.05, 4.69) is 0 Å². The Labute approximate surface area is 124 Å². The van der Waals surface area contributed by atoms with Crippen LogP contribution in [0.15, 0.2) is 59.5 Å². The number of benzene rings is 2. The maximum absolute atomic E-state index is 12.9. The highest BCUT2D eigenvalue weighted by molar-refractivity contribution is 7.89. The molecule has 0 spiro atoms. The molecule has 5 heteroatoms. The summed E-state index contributed by atoms with van der Waals surface area (Å²) in [5.41, 5.74) is 1.16. The number of rotatable bonds is 3. The number of hydrogen-bond acceptors (Lipinski definition) is 2. The molecule has 0 aliphatic carbocycles. The molecule has 1 unspecified atom stereocenters. The van der Waals surface area contributed by atoms with Crippen molar-refractivity contribution in [3.8, 4) is 0 Å². The molecule has 0 N–H and O–H groups in total. The van der Waals surface area contributed by atoms with Gasteiger partial charge in [0.15, 0.2) is 0 Å². The van der Waals surface area contributed by atoms with E-state index < -0.39 is 15.8 Å². The van der Waals surface area contributed by atoms with E-state index in [0.29, 0.717) is 13.1 Å². The molecule has 1 aliphatic heterocycles.